The molecule has 1 amide bonds. The van der Waals surface area contributed by atoms with Crippen molar-refractivity contribution in [3.05, 3.63) is 78.0 Å². The van der Waals surface area contributed by atoms with Crippen molar-refractivity contribution in [2.45, 2.75) is 38.8 Å². The Kier molecular flexibility index (Phi) is 6.20. The molecular weight excluding hydrogens is 358 g/mol. The predicted molar refractivity (Wildman–Crippen MR) is 118 cm³/mol. The van der Waals surface area contributed by atoms with Crippen LogP contribution < -0.4 is 0 Å². The van der Waals surface area contributed by atoms with Crippen LogP contribution >= 0.6 is 0 Å². The number of piperidine rings is 1. The van der Waals surface area contributed by atoms with Crippen molar-refractivity contribution < 1.29 is 4.79 Å². The summed E-state index contributed by atoms with van der Waals surface area (Å²) in [6, 6.07) is 20.6. The highest BCUT2D eigenvalue weighted by atomic mass is 16.2. The Hall–Kier alpha value is -2.72. The van der Waals surface area contributed by atoms with Gasteiger partial charge in [-0.25, -0.2) is 0 Å². The van der Waals surface area contributed by atoms with Gasteiger partial charge in [0.05, 0.1) is 5.52 Å². The van der Waals surface area contributed by atoms with Crippen LogP contribution in [0.4, 0.5) is 0 Å². The SMILES string of the molecule is CCCN(C(=O)c1cccc2ncccc12)C1CCCN(Cc2ccccc2)C1. The summed E-state index contributed by atoms with van der Waals surface area (Å²) >= 11 is 0. The molecule has 0 saturated carbocycles. The van der Waals surface area contributed by atoms with E-state index in [2.05, 4.69) is 52.0 Å². The van der Waals surface area contributed by atoms with Crippen LogP contribution in [0.1, 0.15) is 42.1 Å². The van der Waals surface area contributed by atoms with Crippen molar-refractivity contribution in [3.63, 3.8) is 0 Å². The van der Waals surface area contributed by atoms with Gasteiger partial charge in [0, 0.05) is 42.8 Å². The lowest BCUT2D eigenvalue weighted by molar-refractivity contribution is 0.0536. The topological polar surface area (TPSA) is 36.4 Å². The van der Waals surface area contributed by atoms with Crippen LogP contribution in [0.25, 0.3) is 10.9 Å². The molecule has 0 N–H and O–H groups in total. The lowest BCUT2D eigenvalue weighted by Crippen LogP contribution is -2.50. The minimum absolute atomic E-state index is 0.136. The van der Waals surface area contributed by atoms with E-state index in [-0.39, 0.29) is 11.9 Å². The van der Waals surface area contributed by atoms with E-state index in [0.29, 0.717) is 0 Å². The summed E-state index contributed by atoms with van der Waals surface area (Å²) < 4.78 is 0. The van der Waals surface area contributed by atoms with Gasteiger partial charge >= 0.3 is 0 Å². The van der Waals surface area contributed by atoms with E-state index in [1.165, 1.54) is 5.56 Å². The molecule has 1 aliphatic heterocycles. The third kappa shape index (κ3) is 4.48. The van der Waals surface area contributed by atoms with Crippen LogP contribution in [0.3, 0.4) is 0 Å². The summed E-state index contributed by atoms with van der Waals surface area (Å²) in [6.45, 7) is 5.92. The van der Waals surface area contributed by atoms with Gasteiger partial charge in [-0.2, -0.15) is 0 Å². The van der Waals surface area contributed by atoms with Crippen LogP contribution in [0.5, 0.6) is 0 Å². The highest BCUT2D eigenvalue weighted by Gasteiger charge is 2.29. The second kappa shape index (κ2) is 9.19. The first-order chi connectivity index (χ1) is 14.3. The number of hydrogen-bond donors (Lipinski definition) is 0. The second-order valence-electron chi connectivity index (χ2n) is 7.89. The number of likely N-dealkylation sites (tertiary alicyclic amines) is 1. The van der Waals surface area contributed by atoms with Gasteiger partial charge in [-0.1, -0.05) is 49.4 Å². The molecule has 1 saturated heterocycles. The Labute approximate surface area is 173 Å². The zero-order valence-corrected chi connectivity index (χ0v) is 17.1. The molecule has 29 heavy (non-hydrogen) atoms. The lowest BCUT2D eigenvalue weighted by atomic mass is 10.0. The number of pyridine rings is 1. The van der Waals surface area contributed by atoms with Gasteiger partial charge in [-0.3, -0.25) is 14.7 Å². The molecule has 0 bridgehead atoms. The summed E-state index contributed by atoms with van der Waals surface area (Å²) in [5.41, 5.74) is 2.98. The smallest absolute Gasteiger partial charge is 0.254 e. The van der Waals surface area contributed by atoms with E-state index in [0.717, 1.165) is 61.9 Å². The Balaban J connectivity index is 1.55. The molecule has 150 valence electrons. The standard InChI is InChI=1S/C25H29N3O/c1-2-16-28(25(29)23-12-6-14-24-22(23)13-7-15-26-24)21-11-8-17-27(19-21)18-20-9-4-3-5-10-20/h3-7,9-10,12-15,21H,2,8,11,16-19H2,1H3. The minimum Gasteiger partial charge on any atom is -0.334 e. The van der Waals surface area contributed by atoms with Gasteiger partial charge in [-0.05, 0) is 49.6 Å². The summed E-state index contributed by atoms with van der Waals surface area (Å²) in [5.74, 6) is 0.136. The maximum Gasteiger partial charge on any atom is 0.254 e. The monoisotopic (exact) mass is 387 g/mol. The molecule has 1 unspecified atom stereocenters. The maximum absolute atomic E-state index is 13.6. The van der Waals surface area contributed by atoms with Crippen LogP contribution in [0, 0.1) is 0 Å². The summed E-state index contributed by atoms with van der Waals surface area (Å²) in [6.07, 6.45) is 4.94. The third-order valence-corrected chi connectivity index (χ3v) is 5.77. The Morgan fingerprint density at radius 1 is 1.10 bits per heavy atom. The second-order valence-corrected chi connectivity index (χ2v) is 7.89. The lowest BCUT2D eigenvalue weighted by Gasteiger charge is -2.39. The number of carbonyl (C=O) groups is 1. The van der Waals surface area contributed by atoms with E-state index in [4.69, 9.17) is 0 Å². The zero-order chi connectivity index (χ0) is 20.1. The molecule has 0 spiro atoms. The molecular formula is C25H29N3O. The normalized spacial score (nSPS) is 17.3. The van der Waals surface area contributed by atoms with Gasteiger partial charge < -0.3 is 4.90 Å². The molecule has 2 heterocycles. The number of fused-ring (bicyclic) bond motifs is 1. The number of benzene rings is 2. The van der Waals surface area contributed by atoms with Crippen molar-refractivity contribution in [2.24, 2.45) is 0 Å². The highest BCUT2D eigenvalue weighted by molar-refractivity contribution is 6.06. The number of nitrogens with zero attached hydrogens (tertiary/aromatic N) is 3. The molecule has 1 fully saturated rings. The third-order valence-electron chi connectivity index (χ3n) is 5.77. The Bertz CT molecular complexity index is 951. The first-order valence-corrected chi connectivity index (χ1v) is 10.7. The first-order valence-electron chi connectivity index (χ1n) is 10.7. The van der Waals surface area contributed by atoms with Crippen molar-refractivity contribution in [1.29, 1.82) is 0 Å². The fourth-order valence-electron chi connectivity index (χ4n) is 4.41. The van der Waals surface area contributed by atoms with Gasteiger partial charge in [-0.15, -0.1) is 0 Å². The van der Waals surface area contributed by atoms with Gasteiger partial charge in [0.15, 0.2) is 0 Å². The Morgan fingerprint density at radius 2 is 1.97 bits per heavy atom. The van der Waals surface area contributed by atoms with Crippen LogP contribution in [-0.2, 0) is 6.54 Å². The van der Waals surface area contributed by atoms with Gasteiger partial charge in [0.1, 0.15) is 0 Å². The van der Waals surface area contributed by atoms with Gasteiger partial charge in [0.2, 0.25) is 0 Å². The minimum atomic E-state index is 0.136. The molecule has 3 aromatic rings. The fraction of sp³-hybridized carbons (Fsp3) is 0.360. The maximum atomic E-state index is 13.6. The van der Waals surface area contributed by atoms with E-state index in [9.17, 15) is 4.79 Å². The molecule has 1 atom stereocenters. The van der Waals surface area contributed by atoms with E-state index in [1.807, 2.05) is 30.3 Å². The van der Waals surface area contributed by atoms with Crippen molar-refractivity contribution in [1.82, 2.24) is 14.8 Å². The van der Waals surface area contributed by atoms with Crippen LogP contribution in [0.2, 0.25) is 0 Å². The molecule has 4 heteroatoms. The number of aromatic nitrogens is 1. The van der Waals surface area contributed by atoms with E-state index < -0.39 is 0 Å². The molecule has 2 aromatic carbocycles. The predicted octanol–water partition coefficient (Wildman–Crippen LogP) is 4.75. The number of carbonyl (C=O) groups excluding carboxylic acids is 1. The summed E-state index contributed by atoms with van der Waals surface area (Å²) in [7, 11) is 0. The van der Waals surface area contributed by atoms with Crippen LogP contribution in [0.15, 0.2) is 66.9 Å². The number of hydrogen-bond acceptors (Lipinski definition) is 3. The molecule has 0 radical (unpaired) electrons. The quantitative estimate of drug-likeness (QED) is 0.612. The largest absolute Gasteiger partial charge is 0.334 e. The average molecular weight is 388 g/mol. The van der Waals surface area contributed by atoms with Crippen molar-refractivity contribution in [2.75, 3.05) is 19.6 Å². The van der Waals surface area contributed by atoms with Crippen molar-refractivity contribution >= 4 is 16.8 Å². The number of rotatable bonds is 6. The molecule has 4 nitrogen and oxygen atoms in total. The molecule has 0 aliphatic carbocycles. The molecule has 1 aliphatic rings. The van der Waals surface area contributed by atoms with Crippen LogP contribution in [-0.4, -0.2) is 46.4 Å². The van der Waals surface area contributed by atoms with Gasteiger partial charge in [0.25, 0.3) is 5.91 Å². The van der Waals surface area contributed by atoms with E-state index >= 15 is 0 Å². The van der Waals surface area contributed by atoms with Crippen molar-refractivity contribution in [3.8, 4) is 0 Å². The highest BCUT2D eigenvalue weighted by Crippen LogP contribution is 2.23. The fourth-order valence-corrected chi connectivity index (χ4v) is 4.41. The molecule has 4 rings (SSSR count). The summed E-state index contributed by atoms with van der Waals surface area (Å²) in [4.78, 5) is 22.6. The first kappa shape index (κ1) is 19.6. The summed E-state index contributed by atoms with van der Waals surface area (Å²) in [5, 5.41) is 0.943. The Morgan fingerprint density at radius 3 is 2.79 bits per heavy atom. The van der Waals surface area contributed by atoms with E-state index in [1.54, 1.807) is 6.20 Å². The average Bonchev–Trinajstić information content (AvgIpc) is 2.77. The number of amides is 1. The molecule has 1 aromatic heterocycles. The zero-order valence-electron chi connectivity index (χ0n) is 17.1.